The average molecular weight is 362 g/mol. The molecule has 5 heteroatoms. The third kappa shape index (κ3) is 2.17. The van der Waals surface area contributed by atoms with Crippen LogP contribution in [0.1, 0.15) is 47.0 Å². The van der Waals surface area contributed by atoms with Gasteiger partial charge in [-0.15, -0.1) is 0 Å². The predicted molar refractivity (Wildman–Crippen MR) is 95.8 cm³/mol. The van der Waals surface area contributed by atoms with E-state index in [1.165, 1.54) is 0 Å². The number of esters is 1. The third-order valence-corrected chi connectivity index (χ3v) is 7.81. The van der Waals surface area contributed by atoms with E-state index in [1.54, 1.807) is 20.1 Å². The minimum atomic E-state index is -0.791. The number of carbonyl (C=O) groups excluding carboxylic acids is 1. The standard InChI is InChI=1S/C21H30O5/c1-6-11(2)17(22)25-15-9-13-19(24-5)26-18(23)12-7-8-16-20(3,4)14(15)10-21(12,13)16/h6,9,12,14-16,18-19,23H,7-8,10H2,1-5H3. The second kappa shape index (κ2) is 5.91. The highest BCUT2D eigenvalue weighted by Crippen LogP contribution is 2.74. The highest BCUT2D eigenvalue weighted by molar-refractivity contribution is 5.87. The van der Waals surface area contributed by atoms with Crippen LogP contribution in [-0.4, -0.2) is 36.9 Å². The Hall–Kier alpha value is -1.17. The van der Waals surface area contributed by atoms with Crippen LogP contribution >= 0.6 is 0 Å². The van der Waals surface area contributed by atoms with Crippen molar-refractivity contribution in [2.45, 2.75) is 65.6 Å². The van der Waals surface area contributed by atoms with Crippen molar-refractivity contribution in [3.8, 4) is 0 Å². The smallest absolute Gasteiger partial charge is 0.333 e. The van der Waals surface area contributed by atoms with E-state index in [2.05, 4.69) is 19.9 Å². The van der Waals surface area contributed by atoms with Gasteiger partial charge in [0.15, 0.2) is 12.6 Å². The molecule has 5 nitrogen and oxygen atoms in total. The molecule has 0 amide bonds. The number of aliphatic hydroxyl groups excluding tert-OH is 1. The zero-order valence-electron chi connectivity index (χ0n) is 16.3. The molecule has 1 N–H and O–H groups in total. The van der Waals surface area contributed by atoms with Gasteiger partial charge in [-0.3, -0.25) is 0 Å². The molecule has 7 unspecified atom stereocenters. The molecule has 2 bridgehead atoms. The lowest BCUT2D eigenvalue weighted by atomic mass is 9.63. The van der Waals surface area contributed by atoms with Crippen LogP contribution in [0.3, 0.4) is 0 Å². The van der Waals surface area contributed by atoms with E-state index >= 15 is 0 Å². The van der Waals surface area contributed by atoms with E-state index in [1.807, 2.05) is 6.92 Å². The molecule has 7 atom stereocenters. The number of hydrogen-bond acceptors (Lipinski definition) is 5. The lowest BCUT2D eigenvalue weighted by Crippen LogP contribution is -2.51. The number of carbonyl (C=O) groups is 1. The number of hydrogen-bond donors (Lipinski definition) is 1. The topological polar surface area (TPSA) is 65.0 Å². The summed E-state index contributed by atoms with van der Waals surface area (Å²) >= 11 is 0. The average Bonchev–Trinajstić information content (AvgIpc) is 3.08. The van der Waals surface area contributed by atoms with Crippen LogP contribution in [0.5, 0.6) is 0 Å². The van der Waals surface area contributed by atoms with Crippen LogP contribution in [-0.2, 0) is 19.0 Å². The fourth-order valence-electron chi connectivity index (χ4n) is 6.48. The van der Waals surface area contributed by atoms with Gasteiger partial charge in [-0.1, -0.05) is 19.9 Å². The largest absolute Gasteiger partial charge is 0.454 e. The summed E-state index contributed by atoms with van der Waals surface area (Å²) in [4.78, 5) is 12.4. The molecule has 0 aromatic heterocycles. The molecule has 2 saturated carbocycles. The number of rotatable bonds is 3. The first-order valence-corrected chi connectivity index (χ1v) is 9.69. The van der Waals surface area contributed by atoms with E-state index in [4.69, 9.17) is 14.2 Å². The second-order valence-corrected chi connectivity index (χ2v) is 8.97. The summed E-state index contributed by atoms with van der Waals surface area (Å²) in [6, 6.07) is 0. The molecule has 0 radical (unpaired) electrons. The summed E-state index contributed by atoms with van der Waals surface area (Å²) in [6.45, 7) is 8.21. The Labute approximate surface area is 155 Å². The van der Waals surface area contributed by atoms with Crippen molar-refractivity contribution in [1.29, 1.82) is 0 Å². The lowest BCUT2D eigenvalue weighted by molar-refractivity contribution is -0.266. The molecule has 0 aromatic rings. The summed E-state index contributed by atoms with van der Waals surface area (Å²) in [5, 5.41) is 10.6. The molecule has 3 fully saturated rings. The Morgan fingerprint density at radius 2 is 2.08 bits per heavy atom. The molecule has 26 heavy (non-hydrogen) atoms. The maximum absolute atomic E-state index is 12.4. The van der Waals surface area contributed by atoms with Crippen molar-refractivity contribution in [1.82, 2.24) is 0 Å². The molecule has 4 aliphatic rings. The summed E-state index contributed by atoms with van der Waals surface area (Å²) < 4.78 is 17.3. The van der Waals surface area contributed by atoms with E-state index in [9.17, 15) is 9.90 Å². The van der Waals surface area contributed by atoms with E-state index < -0.39 is 12.6 Å². The lowest BCUT2D eigenvalue weighted by Gasteiger charge is -2.49. The molecule has 1 spiro atoms. The van der Waals surface area contributed by atoms with Crippen LogP contribution in [0.4, 0.5) is 0 Å². The van der Waals surface area contributed by atoms with Crippen molar-refractivity contribution < 1.29 is 24.1 Å². The fourth-order valence-corrected chi connectivity index (χ4v) is 6.48. The van der Waals surface area contributed by atoms with Crippen molar-refractivity contribution in [2.24, 2.45) is 28.6 Å². The van der Waals surface area contributed by atoms with Gasteiger partial charge < -0.3 is 19.3 Å². The van der Waals surface area contributed by atoms with Crippen molar-refractivity contribution in [3.63, 3.8) is 0 Å². The second-order valence-electron chi connectivity index (χ2n) is 8.97. The maximum Gasteiger partial charge on any atom is 0.333 e. The van der Waals surface area contributed by atoms with Gasteiger partial charge in [-0.2, -0.15) is 0 Å². The van der Waals surface area contributed by atoms with Crippen LogP contribution in [0.25, 0.3) is 0 Å². The number of fused-ring (bicyclic) bond motifs is 1. The van der Waals surface area contributed by atoms with E-state index in [-0.39, 0.29) is 34.7 Å². The molecule has 0 aromatic carbocycles. The Balaban J connectivity index is 1.79. The highest BCUT2D eigenvalue weighted by Gasteiger charge is 2.71. The molecule has 144 valence electrons. The highest BCUT2D eigenvalue weighted by atomic mass is 16.7. The Morgan fingerprint density at radius 3 is 2.73 bits per heavy atom. The van der Waals surface area contributed by atoms with Crippen LogP contribution in [0.2, 0.25) is 0 Å². The number of ether oxygens (including phenoxy) is 3. The van der Waals surface area contributed by atoms with Crippen LogP contribution in [0, 0.1) is 28.6 Å². The Bertz CT molecular complexity index is 678. The van der Waals surface area contributed by atoms with Gasteiger partial charge in [-0.05, 0) is 56.1 Å². The number of methoxy groups -OCH3 is 1. The van der Waals surface area contributed by atoms with Gasteiger partial charge in [-0.25, -0.2) is 4.79 Å². The summed E-state index contributed by atoms with van der Waals surface area (Å²) in [7, 11) is 1.61. The Morgan fingerprint density at radius 1 is 1.35 bits per heavy atom. The van der Waals surface area contributed by atoms with Gasteiger partial charge >= 0.3 is 5.97 Å². The molecular weight excluding hydrogens is 332 g/mol. The predicted octanol–water partition coefficient (Wildman–Crippen LogP) is 3.18. The van der Waals surface area contributed by atoms with Crippen molar-refractivity contribution in [3.05, 3.63) is 23.3 Å². The third-order valence-electron chi connectivity index (χ3n) is 7.81. The molecule has 3 aliphatic carbocycles. The number of allylic oxidation sites excluding steroid dienone is 1. The molecule has 1 heterocycles. The summed E-state index contributed by atoms with van der Waals surface area (Å²) in [5.41, 5.74) is 1.63. The molecular formula is C21H30O5. The van der Waals surface area contributed by atoms with Crippen LogP contribution < -0.4 is 0 Å². The normalized spacial score (nSPS) is 45.9. The van der Waals surface area contributed by atoms with Gasteiger partial charge in [0, 0.05) is 29.9 Å². The van der Waals surface area contributed by atoms with E-state index in [0.29, 0.717) is 11.5 Å². The molecule has 4 rings (SSSR count). The van der Waals surface area contributed by atoms with Gasteiger partial charge in [0.25, 0.3) is 0 Å². The summed E-state index contributed by atoms with van der Waals surface area (Å²) in [6.07, 6.45) is 5.18. The molecule has 1 saturated heterocycles. The van der Waals surface area contributed by atoms with Crippen LogP contribution in [0.15, 0.2) is 23.3 Å². The van der Waals surface area contributed by atoms with E-state index in [0.717, 1.165) is 24.8 Å². The Kier molecular flexibility index (Phi) is 4.14. The van der Waals surface area contributed by atoms with Gasteiger partial charge in [0.1, 0.15) is 6.10 Å². The maximum atomic E-state index is 12.4. The minimum Gasteiger partial charge on any atom is -0.454 e. The zero-order chi connectivity index (χ0) is 18.9. The summed E-state index contributed by atoms with van der Waals surface area (Å²) in [5.74, 6) is 0.526. The monoisotopic (exact) mass is 362 g/mol. The number of aliphatic hydroxyl groups is 1. The fraction of sp³-hybridized carbons (Fsp3) is 0.762. The van der Waals surface area contributed by atoms with Crippen molar-refractivity contribution >= 4 is 5.97 Å². The van der Waals surface area contributed by atoms with Gasteiger partial charge in [0.05, 0.1) is 0 Å². The van der Waals surface area contributed by atoms with Gasteiger partial charge in [0.2, 0.25) is 0 Å². The molecule has 1 aliphatic heterocycles. The first-order valence-electron chi connectivity index (χ1n) is 9.69. The first-order chi connectivity index (χ1) is 12.3. The minimum absolute atomic E-state index is 0.0249. The van der Waals surface area contributed by atoms with Crippen molar-refractivity contribution in [2.75, 3.05) is 7.11 Å². The zero-order valence-corrected chi connectivity index (χ0v) is 16.3. The SMILES string of the molecule is CC=C(C)C(=O)OC1C=C2C(OC)OC(O)C3CCC4C(C)(C)C1CC234. The quantitative estimate of drug-likeness (QED) is 0.474. The first kappa shape index (κ1) is 18.2.